The Labute approximate surface area is 86.9 Å². The number of hydrogen-bond acceptors (Lipinski definition) is 2. The standard InChI is InChI=1S/C11H22N2O/c1-2-3-6-11(14)13-9-5-4-7-12-8-10-13/h12H,2-10H2,1H3. The fourth-order valence-corrected chi connectivity index (χ4v) is 1.74. The minimum absolute atomic E-state index is 0.343. The van der Waals surface area contributed by atoms with Crippen LogP contribution in [0.4, 0.5) is 0 Å². The molecule has 1 N–H and O–H groups in total. The number of rotatable bonds is 3. The zero-order chi connectivity index (χ0) is 10.2. The molecule has 1 rings (SSSR count). The Kier molecular flexibility index (Phi) is 5.60. The summed E-state index contributed by atoms with van der Waals surface area (Å²) in [5.74, 6) is 0.343. The number of carbonyl (C=O) groups is 1. The largest absolute Gasteiger partial charge is 0.341 e. The predicted molar refractivity (Wildman–Crippen MR) is 58.2 cm³/mol. The Morgan fingerprint density at radius 2 is 2.14 bits per heavy atom. The first kappa shape index (κ1) is 11.5. The van der Waals surface area contributed by atoms with Crippen LogP contribution in [0.1, 0.15) is 39.0 Å². The van der Waals surface area contributed by atoms with Crippen LogP contribution in [-0.2, 0) is 4.79 Å². The van der Waals surface area contributed by atoms with Gasteiger partial charge in [-0.3, -0.25) is 4.79 Å². The number of nitrogens with one attached hydrogen (secondary N) is 1. The van der Waals surface area contributed by atoms with Crippen molar-refractivity contribution in [3.8, 4) is 0 Å². The van der Waals surface area contributed by atoms with Gasteiger partial charge in [-0.25, -0.2) is 0 Å². The fourth-order valence-electron chi connectivity index (χ4n) is 1.74. The smallest absolute Gasteiger partial charge is 0.222 e. The Morgan fingerprint density at radius 3 is 2.93 bits per heavy atom. The van der Waals surface area contributed by atoms with Crippen LogP contribution in [0.3, 0.4) is 0 Å². The van der Waals surface area contributed by atoms with E-state index in [0.29, 0.717) is 5.91 Å². The number of unbranched alkanes of at least 4 members (excludes halogenated alkanes) is 1. The molecule has 1 aliphatic heterocycles. The molecule has 0 radical (unpaired) electrons. The molecule has 1 saturated heterocycles. The summed E-state index contributed by atoms with van der Waals surface area (Å²) in [7, 11) is 0. The predicted octanol–water partition coefficient (Wildman–Crippen LogP) is 1.39. The molecule has 0 saturated carbocycles. The van der Waals surface area contributed by atoms with Gasteiger partial charge in [0.15, 0.2) is 0 Å². The van der Waals surface area contributed by atoms with Crippen LogP contribution in [-0.4, -0.2) is 37.0 Å². The highest BCUT2D eigenvalue weighted by Crippen LogP contribution is 2.04. The summed E-state index contributed by atoms with van der Waals surface area (Å²) in [6.07, 6.45) is 5.21. The minimum atomic E-state index is 0.343. The molecule has 1 amide bonds. The molecule has 0 atom stereocenters. The maximum atomic E-state index is 11.7. The van der Waals surface area contributed by atoms with Crippen molar-refractivity contribution < 1.29 is 4.79 Å². The summed E-state index contributed by atoms with van der Waals surface area (Å²) < 4.78 is 0. The summed E-state index contributed by atoms with van der Waals surface area (Å²) in [6, 6.07) is 0. The third kappa shape index (κ3) is 4.09. The monoisotopic (exact) mass is 198 g/mol. The molecular weight excluding hydrogens is 176 g/mol. The van der Waals surface area contributed by atoms with E-state index in [1.807, 2.05) is 4.90 Å². The van der Waals surface area contributed by atoms with Gasteiger partial charge in [-0.15, -0.1) is 0 Å². The maximum absolute atomic E-state index is 11.7. The molecule has 3 heteroatoms. The average molecular weight is 198 g/mol. The molecule has 0 aromatic carbocycles. The van der Waals surface area contributed by atoms with Crippen LogP contribution < -0.4 is 5.32 Å². The van der Waals surface area contributed by atoms with Crippen LogP contribution in [0, 0.1) is 0 Å². The number of carbonyl (C=O) groups excluding carboxylic acids is 1. The fraction of sp³-hybridized carbons (Fsp3) is 0.909. The van der Waals surface area contributed by atoms with Gasteiger partial charge in [0, 0.05) is 26.1 Å². The SMILES string of the molecule is CCCCC(=O)N1CCCCNCC1. The second-order valence-corrected chi connectivity index (χ2v) is 3.94. The van der Waals surface area contributed by atoms with Crippen LogP contribution in [0.15, 0.2) is 0 Å². The lowest BCUT2D eigenvalue weighted by Gasteiger charge is -2.25. The van der Waals surface area contributed by atoms with Crippen molar-refractivity contribution in [3.63, 3.8) is 0 Å². The lowest BCUT2D eigenvalue weighted by molar-refractivity contribution is -0.131. The summed E-state index contributed by atoms with van der Waals surface area (Å²) in [6.45, 7) is 6.05. The Morgan fingerprint density at radius 1 is 1.29 bits per heavy atom. The molecule has 1 aliphatic rings. The van der Waals surface area contributed by atoms with E-state index in [2.05, 4.69) is 12.2 Å². The van der Waals surface area contributed by atoms with Crippen molar-refractivity contribution in [2.24, 2.45) is 0 Å². The number of amides is 1. The second-order valence-electron chi connectivity index (χ2n) is 3.94. The zero-order valence-electron chi connectivity index (χ0n) is 9.22. The van der Waals surface area contributed by atoms with Crippen molar-refractivity contribution in [2.75, 3.05) is 26.2 Å². The third-order valence-electron chi connectivity index (χ3n) is 2.69. The van der Waals surface area contributed by atoms with Gasteiger partial charge in [-0.05, 0) is 25.8 Å². The lowest BCUT2D eigenvalue weighted by Crippen LogP contribution is -2.39. The van der Waals surface area contributed by atoms with Gasteiger partial charge in [-0.2, -0.15) is 0 Å². The summed E-state index contributed by atoms with van der Waals surface area (Å²) in [4.78, 5) is 13.7. The Hall–Kier alpha value is -0.570. The Balaban J connectivity index is 2.27. The van der Waals surface area contributed by atoms with Crippen molar-refractivity contribution >= 4 is 5.91 Å². The first-order valence-corrected chi connectivity index (χ1v) is 5.83. The van der Waals surface area contributed by atoms with Gasteiger partial charge in [0.2, 0.25) is 5.91 Å². The number of nitrogens with zero attached hydrogens (tertiary/aromatic N) is 1. The normalized spacial score (nSPS) is 18.8. The van der Waals surface area contributed by atoms with Crippen LogP contribution in [0.5, 0.6) is 0 Å². The maximum Gasteiger partial charge on any atom is 0.222 e. The van der Waals surface area contributed by atoms with Gasteiger partial charge in [-0.1, -0.05) is 13.3 Å². The average Bonchev–Trinajstić information content (AvgIpc) is 2.13. The summed E-state index contributed by atoms with van der Waals surface area (Å²) in [5.41, 5.74) is 0. The molecular formula is C11H22N2O. The van der Waals surface area contributed by atoms with E-state index in [4.69, 9.17) is 0 Å². The molecule has 0 bridgehead atoms. The van der Waals surface area contributed by atoms with E-state index in [1.54, 1.807) is 0 Å². The Bertz CT molecular complexity index is 163. The highest BCUT2D eigenvalue weighted by molar-refractivity contribution is 5.76. The van der Waals surface area contributed by atoms with Gasteiger partial charge in [0.25, 0.3) is 0 Å². The van der Waals surface area contributed by atoms with Crippen molar-refractivity contribution in [2.45, 2.75) is 39.0 Å². The quantitative estimate of drug-likeness (QED) is 0.743. The van der Waals surface area contributed by atoms with Crippen LogP contribution >= 0.6 is 0 Å². The molecule has 1 fully saturated rings. The van der Waals surface area contributed by atoms with Crippen LogP contribution in [0.25, 0.3) is 0 Å². The van der Waals surface area contributed by atoms with Crippen molar-refractivity contribution in [1.29, 1.82) is 0 Å². The zero-order valence-corrected chi connectivity index (χ0v) is 9.22. The molecule has 0 aliphatic carbocycles. The van der Waals surface area contributed by atoms with Crippen molar-refractivity contribution in [3.05, 3.63) is 0 Å². The molecule has 0 aromatic heterocycles. The lowest BCUT2D eigenvalue weighted by atomic mass is 10.2. The second kappa shape index (κ2) is 6.82. The summed E-state index contributed by atoms with van der Waals surface area (Å²) >= 11 is 0. The molecule has 82 valence electrons. The van der Waals surface area contributed by atoms with E-state index >= 15 is 0 Å². The molecule has 14 heavy (non-hydrogen) atoms. The van der Waals surface area contributed by atoms with E-state index in [1.165, 1.54) is 6.42 Å². The van der Waals surface area contributed by atoms with E-state index < -0.39 is 0 Å². The molecule has 0 spiro atoms. The van der Waals surface area contributed by atoms with Gasteiger partial charge in [0.05, 0.1) is 0 Å². The molecule has 1 heterocycles. The van der Waals surface area contributed by atoms with Crippen LogP contribution in [0.2, 0.25) is 0 Å². The molecule has 0 unspecified atom stereocenters. The molecule has 3 nitrogen and oxygen atoms in total. The van der Waals surface area contributed by atoms with E-state index in [9.17, 15) is 4.79 Å². The van der Waals surface area contributed by atoms with Gasteiger partial charge >= 0.3 is 0 Å². The van der Waals surface area contributed by atoms with Gasteiger partial charge < -0.3 is 10.2 Å². The van der Waals surface area contributed by atoms with Gasteiger partial charge in [0.1, 0.15) is 0 Å². The first-order valence-electron chi connectivity index (χ1n) is 5.83. The van der Waals surface area contributed by atoms with E-state index in [-0.39, 0.29) is 0 Å². The first-order chi connectivity index (χ1) is 6.84. The highest BCUT2D eigenvalue weighted by Gasteiger charge is 2.13. The third-order valence-corrected chi connectivity index (χ3v) is 2.69. The van der Waals surface area contributed by atoms with E-state index in [0.717, 1.165) is 51.9 Å². The molecule has 0 aromatic rings. The topological polar surface area (TPSA) is 32.3 Å². The number of hydrogen-bond donors (Lipinski definition) is 1. The van der Waals surface area contributed by atoms with Crippen molar-refractivity contribution in [1.82, 2.24) is 10.2 Å². The minimum Gasteiger partial charge on any atom is -0.341 e. The highest BCUT2D eigenvalue weighted by atomic mass is 16.2. The summed E-state index contributed by atoms with van der Waals surface area (Å²) in [5, 5.41) is 3.33.